The van der Waals surface area contributed by atoms with Crippen molar-refractivity contribution >= 4 is 23.2 Å². The van der Waals surface area contributed by atoms with E-state index >= 15 is 0 Å². The van der Waals surface area contributed by atoms with Gasteiger partial charge in [-0.1, -0.05) is 48.3 Å². The maximum absolute atomic E-state index is 5.97. The van der Waals surface area contributed by atoms with Gasteiger partial charge in [-0.3, -0.25) is 0 Å². The SMILES string of the molecule is C=C(C)C(NCC)c1ccc(Cl)c(Cl)c1. The Balaban J connectivity index is 3.01. The molecule has 1 aromatic rings. The van der Waals surface area contributed by atoms with Gasteiger partial charge in [-0.25, -0.2) is 0 Å². The molecule has 0 aliphatic carbocycles. The first-order chi connectivity index (χ1) is 7.06. The summed E-state index contributed by atoms with van der Waals surface area (Å²) >= 11 is 11.8. The molecule has 3 heteroatoms. The number of nitrogens with one attached hydrogen (secondary N) is 1. The van der Waals surface area contributed by atoms with Crippen LogP contribution in [0.4, 0.5) is 0 Å². The quantitative estimate of drug-likeness (QED) is 0.782. The Kier molecular flexibility index (Phi) is 4.65. The zero-order chi connectivity index (χ0) is 11.4. The van der Waals surface area contributed by atoms with Crippen LogP contribution >= 0.6 is 23.2 Å². The summed E-state index contributed by atoms with van der Waals surface area (Å²) in [4.78, 5) is 0. The van der Waals surface area contributed by atoms with Crippen molar-refractivity contribution in [3.8, 4) is 0 Å². The molecule has 0 saturated carbocycles. The van der Waals surface area contributed by atoms with Crippen molar-refractivity contribution in [2.75, 3.05) is 6.54 Å². The van der Waals surface area contributed by atoms with E-state index in [0.717, 1.165) is 17.7 Å². The number of benzene rings is 1. The van der Waals surface area contributed by atoms with Crippen LogP contribution < -0.4 is 5.32 Å². The molecule has 0 aliphatic heterocycles. The minimum atomic E-state index is 0.143. The average molecular weight is 244 g/mol. The predicted molar refractivity (Wildman–Crippen MR) is 67.7 cm³/mol. The molecule has 1 atom stereocenters. The van der Waals surface area contributed by atoms with E-state index in [0.29, 0.717) is 10.0 Å². The molecule has 0 spiro atoms. The molecule has 0 heterocycles. The van der Waals surface area contributed by atoms with Gasteiger partial charge in [-0.15, -0.1) is 0 Å². The summed E-state index contributed by atoms with van der Waals surface area (Å²) in [7, 11) is 0. The van der Waals surface area contributed by atoms with Gasteiger partial charge in [0.25, 0.3) is 0 Å². The standard InChI is InChI=1S/C12H15Cl2N/c1-4-15-12(8(2)3)9-5-6-10(13)11(14)7-9/h5-7,12,15H,2,4H2,1,3H3. The fraction of sp³-hybridized carbons (Fsp3) is 0.333. The van der Waals surface area contributed by atoms with Crippen molar-refractivity contribution in [3.63, 3.8) is 0 Å². The number of hydrogen-bond acceptors (Lipinski definition) is 1. The Morgan fingerprint density at radius 2 is 2.07 bits per heavy atom. The predicted octanol–water partition coefficient (Wildman–Crippen LogP) is 4.22. The third kappa shape index (κ3) is 3.23. The van der Waals surface area contributed by atoms with Crippen molar-refractivity contribution in [2.24, 2.45) is 0 Å². The molecular weight excluding hydrogens is 229 g/mol. The van der Waals surface area contributed by atoms with E-state index in [1.807, 2.05) is 25.1 Å². The summed E-state index contributed by atoms with van der Waals surface area (Å²) < 4.78 is 0. The van der Waals surface area contributed by atoms with Gasteiger partial charge in [0.15, 0.2) is 0 Å². The summed E-state index contributed by atoms with van der Waals surface area (Å²) in [6.07, 6.45) is 0. The third-order valence-electron chi connectivity index (χ3n) is 2.18. The van der Waals surface area contributed by atoms with Gasteiger partial charge in [-0.05, 0) is 31.2 Å². The van der Waals surface area contributed by atoms with Gasteiger partial charge in [0, 0.05) is 0 Å². The highest BCUT2D eigenvalue weighted by Gasteiger charge is 2.11. The van der Waals surface area contributed by atoms with Crippen LogP contribution in [0.2, 0.25) is 10.0 Å². The Morgan fingerprint density at radius 1 is 1.40 bits per heavy atom. The van der Waals surface area contributed by atoms with Crippen LogP contribution in [0, 0.1) is 0 Å². The summed E-state index contributed by atoms with van der Waals surface area (Å²) in [5, 5.41) is 4.51. The second-order valence-corrected chi connectivity index (χ2v) is 4.32. The van der Waals surface area contributed by atoms with Gasteiger partial charge in [-0.2, -0.15) is 0 Å². The molecular formula is C12H15Cl2N. The summed E-state index contributed by atoms with van der Waals surface area (Å²) in [6.45, 7) is 8.91. The van der Waals surface area contributed by atoms with Crippen molar-refractivity contribution in [3.05, 3.63) is 46.0 Å². The van der Waals surface area contributed by atoms with Gasteiger partial charge in [0.05, 0.1) is 16.1 Å². The third-order valence-corrected chi connectivity index (χ3v) is 2.92. The van der Waals surface area contributed by atoms with Crippen LogP contribution in [0.1, 0.15) is 25.5 Å². The minimum Gasteiger partial charge on any atom is -0.307 e. The second-order valence-electron chi connectivity index (χ2n) is 3.51. The molecule has 0 amide bonds. The van der Waals surface area contributed by atoms with E-state index in [2.05, 4.69) is 18.8 Å². The molecule has 0 fully saturated rings. The molecule has 1 unspecified atom stereocenters. The average Bonchev–Trinajstić information content (AvgIpc) is 2.18. The lowest BCUT2D eigenvalue weighted by atomic mass is 10.0. The molecule has 1 N–H and O–H groups in total. The zero-order valence-electron chi connectivity index (χ0n) is 8.98. The normalized spacial score (nSPS) is 12.5. The van der Waals surface area contributed by atoms with Crippen LogP contribution in [0.5, 0.6) is 0 Å². The largest absolute Gasteiger partial charge is 0.307 e. The van der Waals surface area contributed by atoms with Crippen LogP contribution in [0.25, 0.3) is 0 Å². The van der Waals surface area contributed by atoms with Crippen LogP contribution in [-0.4, -0.2) is 6.54 Å². The Labute approximate surface area is 101 Å². The van der Waals surface area contributed by atoms with E-state index in [9.17, 15) is 0 Å². The zero-order valence-corrected chi connectivity index (χ0v) is 10.5. The molecule has 0 aliphatic rings. The van der Waals surface area contributed by atoms with Crippen molar-refractivity contribution < 1.29 is 0 Å². The van der Waals surface area contributed by atoms with E-state index in [1.54, 1.807) is 0 Å². The lowest BCUT2D eigenvalue weighted by Crippen LogP contribution is -2.21. The smallest absolute Gasteiger partial charge is 0.0595 e. The summed E-state index contributed by atoms with van der Waals surface area (Å²) in [5.74, 6) is 0. The molecule has 0 radical (unpaired) electrons. The first-order valence-corrected chi connectivity index (χ1v) is 5.65. The van der Waals surface area contributed by atoms with E-state index in [1.165, 1.54) is 0 Å². The first kappa shape index (κ1) is 12.6. The van der Waals surface area contributed by atoms with Crippen LogP contribution in [0.3, 0.4) is 0 Å². The molecule has 1 aromatic carbocycles. The summed E-state index contributed by atoms with van der Waals surface area (Å²) in [6, 6.07) is 5.80. The van der Waals surface area contributed by atoms with Gasteiger partial charge in [0.1, 0.15) is 0 Å². The first-order valence-electron chi connectivity index (χ1n) is 4.90. The summed E-state index contributed by atoms with van der Waals surface area (Å²) in [5.41, 5.74) is 2.16. The molecule has 0 bridgehead atoms. The molecule has 1 nitrogen and oxygen atoms in total. The molecule has 0 saturated heterocycles. The highest BCUT2D eigenvalue weighted by Crippen LogP contribution is 2.28. The van der Waals surface area contributed by atoms with Crippen LogP contribution in [0.15, 0.2) is 30.4 Å². The number of likely N-dealkylation sites (N-methyl/N-ethyl adjacent to an activating group) is 1. The molecule has 0 aromatic heterocycles. The molecule has 15 heavy (non-hydrogen) atoms. The Morgan fingerprint density at radius 3 is 2.53 bits per heavy atom. The number of rotatable bonds is 4. The van der Waals surface area contributed by atoms with Gasteiger partial charge >= 0.3 is 0 Å². The van der Waals surface area contributed by atoms with Gasteiger partial charge in [0.2, 0.25) is 0 Å². The Hall–Kier alpha value is -0.500. The van der Waals surface area contributed by atoms with E-state index in [-0.39, 0.29) is 6.04 Å². The monoisotopic (exact) mass is 243 g/mol. The van der Waals surface area contributed by atoms with E-state index < -0.39 is 0 Å². The van der Waals surface area contributed by atoms with Crippen LogP contribution in [-0.2, 0) is 0 Å². The maximum atomic E-state index is 5.97. The minimum absolute atomic E-state index is 0.143. The van der Waals surface area contributed by atoms with Gasteiger partial charge < -0.3 is 5.32 Å². The van der Waals surface area contributed by atoms with Crippen molar-refractivity contribution in [1.29, 1.82) is 0 Å². The molecule has 82 valence electrons. The lowest BCUT2D eigenvalue weighted by molar-refractivity contribution is 0.621. The number of hydrogen-bond donors (Lipinski definition) is 1. The lowest BCUT2D eigenvalue weighted by Gasteiger charge is -2.18. The Bertz CT molecular complexity index is 361. The van der Waals surface area contributed by atoms with Crippen molar-refractivity contribution in [2.45, 2.75) is 19.9 Å². The topological polar surface area (TPSA) is 12.0 Å². The fourth-order valence-corrected chi connectivity index (χ4v) is 1.78. The van der Waals surface area contributed by atoms with Crippen molar-refractivity contribution in [1.82, 2.24) is 5.32 Å². The van der Waals surface area contributed by atoms with E-state index in [4.69, 9.17) is 23.2 Å². The second kappa shape index (κ2) is 5.55. The number of halogens is 2. The highest BCUT2D eigenvalue weighted by molar-refractivity contribution is 6.42. The highest BCUT2D eigenvalue weighted by atomic mass is 35.5. The maximum Gasteiger partial charge on any atom is 0.0595 e. The fourth-order valence-electron chi connectivity index (χ4n) is 1.47. The molecule has 1 rings (SSSR count).